The van der Waals surface area contributed by atoms with Gasteiger partial charge in [0.2, 0.25) is 0 Å². The van der Waals surface area contributed by atoms with Gasteiger partial charge in [0.1, 0.15) is 17.1 Å². The van der Waals surface area contributed by atoms with E-state index in [1.54, 1.807) is 29.4 Å². The zero-order valence-electron chi connectivity index (χ0n) is 17.0. The molecule has 6 nitrogen and oxygen atoms in total. The van der Waals surface area contributed by atoms with Crippen LogP contribution in [-0.4, -0.2) is 31.1 Å². The smallest absolute Gasteiger partial charge is 0.273 e. The Kier molecular flexibility index (Phi) is 5.23. The molecule has 0 saturated heterocycles. The molecule has 0 aliphatic carbocycles. The summed E-state index contributed by atoms with van der Waals surface area (Å²) < 4.78 is 0.906. The summed E-state index contributed by atoms with van der Waals surface area (Å²) in [5.74, 6) is -0.0994. The third kappa shape index (κ3) is 3.47. The SMILES string of the molecule is Cc1cc(O)c(-c2n[nH]c3c2[C@@H](c2cccc(Br)c2)N(Cc2cccnc2)C3=O)cc1Cl. The number of benzene rings is 2. The molecule has 0 bridgehead atoms. The number of phenols is 1. The van der Waals surface area contributed by atoms with Gasteiger partial charge in [-0.2, -0.15) is 5.10 Å². The predicted octanol–water partition coefficient (Wildman–Crippen LogP) is 5.65. The van der Waals surface area contributed by atoms with Crippen LogP contribution in [0.25, 0.3) is 11.3 Å². The number of pyridine rings is 1. The number of amides is 1. The number of nitrogens with one attached hydrogen (secondary N) is 1. The summed E-state index contributed by atoms with van der Waals surface area (Å²) in [5.41, 5.74) is 4.72. The van der Waals surface area contributed by atoms with Crippen molar-refractivity contribution >= 4 is 33.4 Å². The lowest BCUT2D eigenvalue weighted by atomic mass is 9.95. The van der Waals surface area contributed by atoms with Gasteiger partial charge >= 0.3 is 0 Å². The van der Waals surface area contributed by atoms with Crippen molar-refractivity contribution in [1.29, 1.82) is 0 Å². The number of fused-ring (bicyclic) bond motifs is 1. The van der Waals surface area contributed by atoms with E-state index in [0.717, 1.165) is 21.2 Å². The number of halogens is 2. The number of phenolic OH excluding ortho intramolecular Hbond substituents is 1. The Morgan fingerprint density at radius 1 is 1.22 bits per heavy atom. The highest BCUT2D eigenvalue weighted by Gasteiger charge is 2.42. The highest BCUT2D eigenvalue weighted by Crippen LogP contribution is 2.46. The zero-order chi connectivity index (χ0) is 22.4. The summed E-state index contributed by atoms with van der Waals surface area (Å²) in [6.07, 6.45) is 3.46. The first-order valence-corrected chi connectivity index (χ1v) is 11.1. The van der Waals surface area contributed by atoms with E-state index in [4.69, 9.17) is 11.6 Å². The lowest BCUT2D eigenvalue weighted by Crippen LogP contribution is -2.29. The molecule has 1 aliphatic heterocycles. The highest BCUT2D eigenvalue weighted by atomic mass is 79.9. The monoisotopic (exact) mass is 508 g/mol. The van der Waals surface area contributed by atoms with Crippen molar-refractivity contribution in [3.63, 3.8) is 0 Å². The van der Waals surface area contributed by atoms with Crippen molar-refractivity contribution in [3.8, 4) is 17.0 Å². The van der Waals surface area contributed by atoms with Crippen molar-refractivity contribution in [3.05, 3.63) is 98.4 Å². The Morgan fingerprint density at radius 2 is 2.06 bits per heavy atom. The van der Waals surface area contributed by atoms with Crippen LogP contribution in [0.4, 0.5) is 0 Å². The molecule has 3 heterocycles. The molecule has 4 aromatic rings. The van der Waals surface area contributed by atoms with Crippen LogP contribution in [0.1, 0.15) is 38.8 Å². The molecule has 2 aromatic heterocycles. The Bertz CT molecular complexity index is 1340. The number of aromatic hydroxyl groups is 1. The normalized spacial score (nSPS) is 15.3. The van der Waals surface area contributed by atoms with Crippen molar-refractivity contribution in [2.45, 2.75) is 19.5 Å². The molecule has 1 atom stereocenters. The molecule has 2 N–H and O–H groups in total. The molecule has 5 rings (SSSR count). The van der Waals surface area contributed by atoms with Crippen molar-refractivity contribution in [2.24, 2.45) is 0 Å². The summed E-state index contributed by atoms with van der Waals surface area (Å²) in [6, 6.07) is 14.5. The minimum atomic E-state index is -0.400. The Labute approximate surface area is 198 Å². The second kappa shape index (κ2) is 8.07. The van der Waals surface area contributed by atoms with Gasteiger partial charge in [0.15, 0.2) is 0 Å². The summed E-state index contributed by atoms with van der Waals surface area (Å²) in [6.45, 7) is 2.21. The molecular formula is C24H18BrClN4O2. The van der Waals surface area contributed by atoms with E-state index in [1.807, 2.05) is 43.3 Å². The van der Waals surface area contributed by atoms with Crippen LogP contribution >= 0.6 is 27.5 Å². The number of carbonyl (C=O) groups is 1. The van der Waals surface area contributed by atoms with E-state index < -0.39 is 6.04 Å². The lowest BCUT2D eigenvalue weighted by molar-refractivity contribution is 0.0730. The second-order valence-electron chi connectivity index (χ2n) is 7.73. The molecule has 1 amide bonds. The molecule has 0 unspecified atom stereocenters. The molecule has 2 aromatic carbocycles. The minimum absolute atomic E-state index is 0.0624. The summed E-state index contributed by atoms with van der Waals surface area (Å²) in [5, 5.41) is 18.5. The molecule has 160 valence electrons. The standard InChI is InChI=1S/C24H18BrClN4O2/c1-13-8-19(31)17(10-18(13)26)21-20-22(29-28-21)24(32)30(12-14-4-3-7-27-11-14)23(20)15-5-2-6-16(25)9-15/h2-11,23,31H,12H2,1H3,(H,28,29)/t23-/m1/s1. The molecule has 1 aliphatic rings. The van der Waals surface area contributed by atoms with Gasteiger partial charge in [-0.05, 0) is 53.9 Å². The first-order chi connectivity index (χ1) is 15.4. The summed E-state index contributed by atoms with van der Waals surface area (Å²) in [4.78, 5) is 19.4. The number of carbonyl (C=O) groups excluding carboxylic acids is 1. The molecule has 8 heteroatoms. The number of hydrogen-bond donors (Lipinski definition) is 2. The first kappa shape index (κ1) is 20.7. The number of aryl methyl sites for hydroxylation is 1. The van der Waals surface area contributed by atoms with Gasteiger partial charge in [-0.15, -0.1) is 0 Å². The maximum atomic E-state index is 13.5. The number of rotatable bonds is 4. The Hall–Kier alpha value is -3.16. The van der Waals surface area contributed by atoms with Crippen LogP contribution in [0, 0.1) is 6.92 Å². The van der Waals surface area contributed by atoms with Crippen LogP contribution in [0.3, 0.4) is 0 Å². The van der Waals surface area contributed by atoms with E-state index in [-0.39, 0.29) is 11.7 Å². The van der Waals surface area contributed by atoms with Gasteiger partial charge < -0.3 is 10.0 Å². The van der Waals surface area contributed by atoms with Gasteiger partial charge in [-0.1, -0.05) is 45.7 Å². The highest BCUT2D eigenvalue weighted by molar-refractivity contribution is 9.10. The largest absolute Gasteiger partial charge is 0.507 e. The van der Waals surface area contributed by atoms with E-state index in [0.29, 0.717) is 34.1 Å². The second-order valence-corrected chi connectivity index (χ2v) is 9.05. The van der Waals surface area contributed by atoms with E-state index in [1.165, 1.54) is 0 Å². The van der Waals surface area contributed by atoms with Gasteiger partial charge in [0.25, 0.3) is 5.91 Å². The fourth-order valence-electron chi connectivity index (χ4n) is 4.13. The fourth-order valence-corrected chi connectivity index (χ4v) is 4.71. The number of H-pyrrole nitrogens is 1. The van der Waals surface area contributed by atoms with Gasteiger partial charge in [0.05, 0.1) is 6.04 Å². The molecule has 0 radical (unpaired) electrons. The molecule has 0 fully saturated rings. The van der Waals surface area contributed by atoms with Crippen molar-refractivity contribution in [1.82, 2.24) is 20.1 Å². The minimum Gasteiger partial charge on any atom is -0.507 e. The van der Waals surface area contributed by atoms with E-state index in [9.17, 15) is 9.90 Å². The zero-order valence-corrected chi connectivity index (χ0v) is 19.4. The topological polar surface area (TPSA) is 82.1 Å². The van der Waals surface area contributed by atoms with Gasteiger partial charge in [0, 0.05) is 39.6 Å². The predicted molar refractivity (Wildman–Crippen MR) is 126 cm³/mol. The van der Waals surface area contributed by atoms with Gasteiger partial charge in [-0.25, -0.2) is 0 Å². The summed E-state index contributed by atoms with van der Waals surface area (Å²) >= 11 is 9.89. The van der Waals surface area contributed by atoms with Crippen molar-refractivity contribution < 1.29 is 9.90 Å². The number of hydrogen-bond acceptors (Lipinski definition) is 4. The lowest BCUT2D eigenvalue weighted by Gasteiger charge is -2.26. The molecular weight excluding hydrogens is 492 g/mol. The maximum absolute atomic E-state index is 13.5. The van der Waals surface area contributed by atoms with Crippen LogP contribution in [0.15, 0.2) is 65.4 Å². The van der Waals surface area contributed by atoms with E-state index >= 15 is 0 Å². The maximum Gasteiger partial charge on any atom is 0.273 e. The van der Waals surface area contributed by atoms with Crippen LogP contribution in [0.5, 0.6) is 5.75 Å². The van der Waals surface area contributed by atoms with Crippen LogP contribution in [0.2, 0.25) is 5.02 Å². The number of nitrogens with zero attached hydrogens (tertiary/aromatic N) is 3. The van der Waals surface area contributed by atoms with Gasteiger partial charge in [-0.3, -0.25) is 14.9 Å². The first-order valence-electron chi connectivity index (χ1n) is 9.97. The Morgan fingerprint density at radius 3 is 2.81 bits per heavy atom. The third-order valence-electron chi connectivity index (χ3n) is 5.64. The molecule has 0 spiro atoms. The quantitative estimate of drug-likeness (QED) is 0.373. The third-order valence-corrected chi connectivity index (χ3v) is 6.54. The van der Waals surface area contributed by atoms with Crippen molar-refractivity contribution in [2.75, 3.05) is 0 Å². The Balaban J connectivity index is 1.69. The average Bonchev–Trinajstić information content (AvgIpc) is 3.31. The number of aromatic nitrogens is 3. The van der Waals surface area contributed by atoms with E-state index in [2.05, 4.69) is 31.1 Å². The fraction of sp³-hybridized carbons (Fsp3) is 0.125. The number of aromatic amines is 1. The summed E-state index contributed by atoms with van der Waals surface area (Å²) in [7, 11) is 0. The van der Waals surface area contributed by atoms with Crippen LogP contribution in [-0.2, 0) is 6.54 Å². The molecule has 32 heavy (non-hydrogen) atoms. The van der Waals surface area contributed by atoms with Crippen LogP contribution < -0.4 is 0 Å². The molecule has 0 saturated carbocycles. The average molecular weight is 510 g/mol.